The molecule has 0 aliphatic heterocycles. The van der Waals surface area contributed by atoms with Crippen LogP contribution < -0.4 is 0 Å². The van der Waals surface area contributed by atoms with Gasteiger partial charge in [-0.2, -0.15) is 0 Å². The van der Waals surface area contributed by atoms with Crippen LogP contribution in [-0.4, -0.2) is 23.4 Å². The summed E-state index contributed by atoms with van der Waals surface area (Å²) in [5.41, 5.74) is 4.57. The van der Waals surface area contributed by atoms with Crippen LogP contribution in [0, 0.1) is 0 Å². The molecule has 2 nitrogen and oxygen atoms in total. The van der Waals surface area contributed by atoms with Crippen LogP contribution in [0.4, 0.5) is 0 Å². The molecule has 0 saturated heterocycles. The lowest BCUT2D eigenvalue weighted by atomic mass is 10.0. The van der Waals surface area contributed by atoms with Gasteiger partial charge in [0.05, 0.1) is 13.2 Å². The van der Waals surface area contributed by atoms with Crippen LogP contribution in [0.5, 0.6) is 0 Å². The summed E-state index contributed by atoms with van der Waals surface area (Å²) in [6.07, 6.45) is 0. The van der Waals surface area contributed by atoms with E-state index in [1.165, 1.54) is 11.1 Å². The Balaban J connectivity index is 0.000000487. The number of aliphatic hydroxyl groups excluding tert-OH is 2. The summed E-state index contributed by atoms with van der Waals surface area (Å²) in [6, 6.07) is 8.28. The van der Waals surface area contributed by atoms with Gasteiger partial charge < -0.3 is 10.2 Å². The number of benzene rings is 1. The molecule has 0 unspecified atom stereocenters. The summed E-state index contributed by atoms with van der Waals surface area (Å²) in [6.45, 7) is 11.6. The normalized spacial score (nSPS) is 9.00. The van der Waals surface area contributed by atoms with Gasteiger partial charge in [-0.1, -0.05) is 42.5 Å². The van der Waals surface area contributed by atoms with E-state index in [9.17, 15) is 0 Å². The van der Waals surface area contributed by atoms with Gasteiger partial charge in [0.25, 0.3) is 0 Å². The molecule has 0 aromatic heterocycles. The highest BCUT2D eigenvalue weighted by Crippen LogP contribution is 2.17. The highest BCUT2D eigenvalue weighted by atomic mass is 16.3. The first-order valence-electron chi connectivity index (χ1n) is 5.16. The lowest BCUT2D eigenvalue weighted by molar-refractivity contribution is 0.186. The molecule has 0 aliphatic carbocycles. The maximum absolute atomic E-state index is 7.62. The predicted molar refractivity (Wildman–Crippen MR) is 70.0 cm³/mol. The second-order valence-corrected chi connectivity index (χ2v) is 3.59. The highest BCUT2D eigenvalue weighted by Gasteiger charge is 1.95. The Hall–Kier alpha value is -1.38. The molecule has 1 aromatic rings. The second kappa shape index (κ2) is 7.85. The average molecular weight is 220 g/mol. The Bertz CT molecular complexity index is 322. The molecule has 2 N–H and O–H groups in total. The zero-order chi connectivity index (χ0) is 12.6. The molecular formula is C14H20O2. The van der Waals surface area contributed by atoms with Gasteiger partial charge in [-0.3, -0.25) is 0 Å². The Labute approximate surface area is 97.6 Å². The molecule has 2 heteroatoms. The molecule has 0 amide bonds. The van der Waals surface area contributed by atoms with Gasteiger partial charge in [-0.25, -0.2) is 0 Å². The Kier molecular flexibility index (Phi) is 7.18. The van der Waals surface area contributed by atoms with Crippen molar-refractivity contribution in [1.82, 2.24) is 0 Å². The van der Waals surface area contributed by atoms with Crippen LogP contribution in [0.25, 0.3) is 11.1 Å². The van der Waals surface area contributed by atoms with Crippen molar-refractivity contribution in [3.8, 4) is 0 Å². The van der Waals surface area contributed by atoms with Crippen molar-refractivity contribution in [2.45, 2.75) is 13.8 Å². The summed E-state index contributed by atoms with van der Waals surface area (Å²) in [4.78, 5) is 0. The zero-order valence-electron chi connectivity index (χ0n) is 10.0. The minimum Gasteiger partial charge on any atom is -0.394 e. The minimum atomic E-state index is -0.125. The number of rotatable bonds is 3. The molecule has 0 bridgehead atoms. The molecule has 88 valence electrons. The van der Waals surface area contributed by atoms with E-state index in [1.807, 2.05) is 19.9 Å². The van der Waals surface area contributed by atoms with Gasteiger partial charge >= 0.3 is 0 Å². The third-order valence-corrected chi connectivity index (χ3v) is 1.95. The van der Waals surface area contributed by atoms with E-state index >= 15 is 0 Å². The van der Waals surface area contributed by atoms with Crippen LogP contribution in [0.2, 0.25) is 0 Å². The summed E-state index contributed by atoms with van der Waals surface area (Å²) in [5, 5.41) is 15.2. The minimum absolute atomic E-state index is 0.125. The fourth-order valence-electron chi connectivity index (χ4n) is 1.05. The molecule has 16 heavy (non-hydrogen) atoms. The zero-order valence-corrected chi connectivity index (χ0v) is 10.0. The number of hydrogen-bond donors (Lipinski definition) is 2. The number of aliphatic hydroxyl groups is 2. The van der Waals surface area contributed by atoms with Crippen molar-refractivity contribution in [1.29, 1.82) is 0 Å². The van der Waals surface area contributed by atoms with E-state index in [0.717, 1.165) is 11.1 Å². The molecule has 1 rings (SSSR count). The topological polar surface area (TPSA) is 40.5 Å². The van der Waals surface area contributed by atoms with Gasteiger partial charge in [0.1, 0.15) is 0 Å². The monoisotopic (exact) mass is 220 g/mol. The van der Waals surface area contributed by atoms with Crippen molar-refractivity contribution >= 4 is 11.1 Å². The Morgan fingerprint density at radius 1 is 1.00 bits per heavy atom. The van der Waals surface area contributed by atoms with E-state index in [1.54, 1.807) is 0 Å². The van der Waals surface area contributed by atoms with E-state index in [2.05, 4.69) is 31.4 Å². The van der Waals surface area contributed by atoms with Gasteiger partial charge in [-0.15, -0.1) is 0 Å². The van der Waals surface area contributed by atoms with Crippen molar-refractivity contribution < 1.29 is 10.2 Å². The highest BCUT2D eigenvalue weighted by molar-refractivity contribution is 5.68. The SMILES string of the molecule is C=C(C)c1cccc(C(=C)C)c1.OCCO. The fraction of sp³-hybridized carbons (Fsp3) is 0.286. The lowest BCUT2D eigenvalue weighted by Crippen LogP contribution is -1.85. The van der Waals surface area contributed by atoms with Crippen molar-refractivity contribution in [2.75, 3.05) is 13.2 Å². The van der Waals surface area contributed by atoms with E-state index in [-0.39, 0.29) is 13.2 Å². The molecule has 0 fully saturated rings. The number of hydrogen-bond acceptors (Lipinski definition) is 2. The van der Waals surface area contributed by atoms with Crippen molar-refractivity contribution in [2.24, 2.45) is 0 Å². The molecule has 0 atom stereocenters. The quantitative estimate of drug-likeness (QED) is 0.822. The Morgan fingerprint density at radius 2 is 1.38 bits per heavy atom. The maximum atomic E-state index is 7.62. The van der Waals surface area contributed by atoms with Crippen LogP contribution in [0.1, 0.15) is 25.0 Å². The smallest absolute Gasteiger partial charge is 0.0662 e. The van der Waals surface area contributed by atoms with E-state index < -0.39 is 0 Å². The summed E-state index contributed by atoms with van der Waals surface area (Å²) in [5.74, 6) is 0. The maximum Gasteiger partial charge on any atom is 0.0662 e. The third kappa shape index (κ3) is 5.49. The molecule has 1 aromatic carbocycles. The number of allylic oxidation sites excluding steroid dienone is 2. The Morgan fingerprint density at radius 3 is 1.62 bits per heavy atom. The van der Waals surface area contributed by atoms with E-state index in [4.69, 9.17) is 10.2 Å². The largest absolute Gasteiger partial charge is 0.394 e. The van der Waals surface area contributed by atoms with Crippen LogP contribution in [0.15, 0.2) is 37.4 Å². The third-order valence-electron chi connectivity index (χ3n) is 1.95. The second-order valence-electron chi connectivity index (χ2n) is 3.59. The van der Waals surface area contributed by atoms with Crippen LogP contribution in [0.3, 0.4) is 0 Å². The molecule has 0 heterocycles. The predicted octanol–water partition coefficient (Wildman–Crippen LogP) is 2.72. The van der Waals surface area contributed by atoms with Crippen LogP contribution >= 0.6 is 0 Å². The molecule has 0 radical (unpaired) electrons. The summed E-state index contributed by atoms with van der Waals surface area (Å²) < 4.78 is 0. The standard InChI is InChI=1S/C12H14.C2H6O2/c1-9(2)11-6-5-7-12(8-11)10(3)4;3-1-2-4/h5-8H,1,3H2,2,4H3;3-4H,1-2H2. The first-order valence-corrected chi connectivity index (χ1v) is 5.16. The molecular weight excluding hydrogens is 200 g/mol. The first-order chi connectivity index (χ1) is 7.52. The first kappa shape index (κ1) is 14.6. The molecule has 0 saturated carbocycles. The van der Waals surface area contributed by atoms with E-state index in [0.29, 0.717) is 0 Å². The molecule has 0 aliphatic rings. The lowest BCUT2D eigenvalue weighted by Gasteiger charge is -2.03. The van der Waals surface area contributed by atoms with Crippen molar-refractivity contribution in [3.63, 3.8) is 0 Å². The van der Waals surface area contributed by atoms with Crippen molar-refractivity contribution in [3.05, 3.63) is 48.6 Å². The van der Waals surface area contributed by atoms with Gasteiger partial charge in [0.15, 0.2) is 0 Å². The van der Waals surface area contributed by atoms with Crippen LogP contribution in [-0.2, 0) is 0 Å². The fourth-order valence-corrected chi connectivity index (χ4v) is 1.05. The van der Waals surface area contributed by atoms with Gasteiger partial charge in [0.2, 0.25) is 0 Å². The van der Waals surface area contributed by atoms with Gasteiger partial charge in [-0.05, 0) is 31.0 Å². The summed E-state index contributed by atoms with van der Waals surface area (Å²) in [7, 11) is 0. The molecule has 0 spiro atoms. The summed E-state index contributed by atoms with van der Waals surface area (Å²) >= 11 is 0. The van der Waals surface area contributed by atoms with Gasteiger partial charge in [0, 0.05) is 0 Å². The average Bonchev–Trinajstić information content (AvgIpc) is 2.29.